The zero-order chi connectivity index (χ0) is 34.6. The van der Waals surface area contributed by atoms with E-state index in [2.05, 4.69) is 161 Å². The lowest BCUT2D eigenvalue weighted by atomic mass is 9.98. The molecule has 0 radical (unpaired) electrons. The Morgan fingerprint density at radius 2 is 0.923 bits per heavy atom. The second-order valence-electron chi connectivity index (χ2n) is 13.2. The molecular formula is C48H30N4. The first-order valence-corrected chi connectivity index (χ1v) is 17.4. The minimum absolute atomic E-state index is 0.615. The molecule has 0 saturated heterocycles. The Bertz CT molecular complexity index is 2980. The molecule has 242 valence electrons. The standard InChI is InChI=1S/C48H30N4/c49-31-32-12-10-13-34(26-32)43-19-11-20-44(50-43)36-27-35(28-38(29-36)52-45-21-7-4-16-39(45)40-17-5-8-22-46(40)52)33-24-25-48-42(30-33)41-18-6-9-23-47(41)51(48)37-14-2-1-3-15-37/h1-30H. The lowest BCUT2D eigenvalue weighted by molar-refractivity contribution is 1.18. The number of hydrogen-bond donors (Lipinski definition) is 0. The number of para-hydroxylation sites is 4. The topological polar surface area (TPSA) is 46.5 Å². The second kappa shape index (κ2) is 12.0. The van der Waals surface area contributed by atoms with Gasteiger partial charge in [-0.15, -0.1) is 0 Å². The first kappa shape index (κ1) is 29.7. The Morgan fingerprint density at radius 3 is 1.62 bits per heavy atom. The summed E-state index contributed by atoms with van der Waals surface area (Å²) in [4.78, 5) is 5.18. The Hall–Kier alpha value is -7.22. The predicted molar refractivity (Wildman–Crippen MR) is 214 cm³/mol. The van der Waals surface area contributed by atoms with Crippen LogP contribution in [0.15, 0.2) is 182 Å². The molecule has 0 fully saturated rings. The van der Waals surface area contributed by atoms with E-state index in [4.69, 9.17) is 4.98 Å². The first-order valence-electron chi connectivity index (χ1n) is 17.4. The molecule has 0 spiro atoms. The average Bonchev–Trinajstić information content (AvgIpc) is 3.74. The Kier molecular flexibility index (Phi) is 6.84. The molecule has 10 aromatic rings. The Labute approximate surface area is 300 Å². The van der Waals surface area contributed by atoms with Gasteiger partial charge in [0.05, 0.1) is 45.1 Å². The van der Waals surface area contributed by atoms with Crippen LogP contribution < -0.4 is 0 Å². The molecule has 7 aromatic carbocycles. The molecule has 10 rings (SSSR count). The fourth-order valence-corrected chi connectivity index (χ4v) is 7.77. The van der Waals surface area contributed by atoms with Gasteiger partial charge in [0, 0.05) is 44.0 Å². The number of fused-ring (bicyclic) bond motifs is 6. The van der Waals surface area contributed by atoms with Gasteiger partial charge < -0.3 is 9.13 Å². The van der Waals surface area contributed by atoms with Crippen molar-refractivity contribution in [1.29, 1.82) is 5.26 Å². The normalized spacial score (nSPS) is 11.4. The highest BCUT2D eigenvalue weighted by molar-refractivity contribution is 6.11. The number of rotatable bonds is 5. The third-order valence-corrected chi connectivity index (χ3v) is 10.1. The van der Waals surface area contributed by atoms with E-state index in [1.807, 2.05) is 36.4 Å². The summed E-state index contributed by atoms with van der Waals surface area (Å²) >= 11 is 0. The van der Waals surface area contributed by atoms with Crippen LogP contribution in [-0.4, -0.2) is 14.1 Å². The van der Waals surface area contributed by atoms with Crippen LogP contribution in [0.3, 0.4) is 0 Å². The lowest BCUT2D eigenvalue weighted by Crippen LogP contribution is -1.97. The predicted octanol–water partition coefficient (Wildman–Crippen LogP) is 12.1. The summed E-state index contributed by atoms with van der Waals surface area (Å²) < 4.78 is 4.73. The molecule has 0 amide bonds. The summed E-state index contributed by atoms with van der Waals surface area (Å²) in [5.74, 6) is 0. The van der Waals surface area contributed by atoms with Crippen molar-refractivity contribution in [3.63, 3.8) is 0 Å². The third kappa shape index (κ3) is 4.80. The number of benzene rings is 7. The van der Waals surface area contributed by atoms with Gasteiger partial charge in [0.25, 0.3) is 0 Å². The highest BCUT2D eigenvalue weighted by atomic mass is 15.0. The summed E-state index contributed by atoms with van der Waals surface area (Å²) in [5.41, 5.74) is 13.3. The maximum atomic E-state index is 9.56. The van der Waals surface area contributed by atoms with Crippen LogP contribution in [0.4, 0.5) is 0 Å². The van der Waals surface area contributed by atoms with E-state index in [1.54, 1.807) is 0 Å². The van der Waals surface area contributed by atoms with Crippen LogP contribution in [0, 0.1) is 11.3 Å². The maximum absolute atomic E-state index is 9.56. The van der Waals surface area contributed by atoms with E-state index in [9.17, 15) is 5.26 Å². The SMILES string of the molecule is N#Cc1cccc(-c2cccc(-c3cc(-c4ccc5c(c4)c4ccccc4n5-c4ccccc4)cc(-n4c5ccccc5c5ccccc54)c3)n2)c1. The number of aromatic nitrogens is 3. The molecule has 0 aliphatic rings. The fourth-order valence-electron chi connectivity index (χ4n) is 7.77. The first-order chi connectivity index (χ1) is 25.7. The summed E-state index contributed by atoms with van der Waals surface area (Å²) in [6.07, 6.45) is 0. The van der Waals surface area contributed by atoms with Crippen molar-refractivity contribution in [2.75, 3.05) is 0 Å². The largest absolute Gasteiger partial charge is 0.309 e. The van der Waals surface area contributed by atoms with Crippen molar-refractivity contribution in [2.24, 2.45) is 0 Å². The van der Waals surface area contributed by atoms with E-state index < -0.39 is 0 Å². The highest BCUT2D eigenvalue weighted by Gasteiger charge is 2.17. The molecule has 4 nitrogen and oxygen atoms in total. The highest BCUT2D eigenvalue weighted by Crippen LogP contribution is 2.39. The van der Waals surface area contributed by atoms with Gasteiger partial charge in [-0.25, -0.2) is 4.98 Å². The summed E-state index contributed by atoms with van der Waals surface area (Å²) in [6.45, 7) is 0. The molecular weight excluding hydrogens is 633 g/mol. The maximum Gasteiger partial charge on any atom is 0.0991 e. The minimum atomic E-state index is 0.615. The van der Waals surface area contributed by atoms with Gasteiger partial charge in [-0.1, -0.05) is 97.1 Å². The number of hydrogen-bond acceptors (Lipinski definition) is 2. The average molecular weight is 663 g/mol. The Balaban J connectivity index is 1.22. The summed E-state index contributed by atoms with van der Waals surface area (Å²) in [6, 6.07) is 66.2. The van der Waals surface area contributed by atoms with Crippen LogP contribution in [0.25, 0.3) is 88.6 Å². The number of pyridine rings is 1. The quantitative estimate of drug-likeness (QED) is 0.184. The van der Waals surface area contributed by atoms with Crippen molar-refractivity contribution in [2.45, 2.75) is 0 Å². The van der Waals surface area contributed by atoms with E-state index in [-0.39, 0.29) is 0 Å². The zero-order valence-corrected chi connectivity index (χ0v) is 28.1. The van der Waals surface area contributed by atoms with Gasteiger partial charge in [0.15, 0.2) is 0 Å². The zero-order valence-electron chi connectivity index (χ0n) is 28.1. The van der Waals surface area contributed by atoms with Gasteiger partial charge in [-0.05, 0) is 96.1 Å². The molecule has 0 aliphatic heterocycles. The monoisotopic (exact) mass is 662 g/mol. The second-order valence-corrected chi connectivity index (χ2v) is 13.2. The fraction of sp³-hybridized carbons (Fsp3) is 0. The smallest absolute Gasteiger partial charge is 0.0991 e. The Morgan fingerprint density at radius 1 is 0.365 bits per heavy atom. The van der Waals surface area contributed by atoms with Crippen molar-refractivity contribution >= 4 is 43.6 Å². The van der Waals surface area contributed by atoms with Crippen LogP contribution >= 0.6 is 0 Å². The molecule has 52 heavy (non-hydrogen) atoms. The number of nitriles is 1. The van der Waals surface area contributed by atoms with E-state index >= 15 is 0 Å². The third-order valence-electron chi connectivity index (χ3n) is 10.1. The van der Waals surface area contributed by atoms with Gasteiger partial charge in [0.2, 0.25) is 0 Å². The molecule has 0 saturated carbocycles. The summed E-state index contributed by atoms with van der Waals surface area (Å²) in [5, 5.41) is 14.4. The molecule has 4 heteroatoms. The molecule has 0 unspecified atom stereocenters. The van der Waals surface area contributed by atoms with Crippen molar-refractivity contribution in [3.05, 3.63) is 188 Å². The van der Waals surface area contributed by atoms with Gasteiger partial charge in [-0.2, -0.15) is 5.26 Å². The van der Waals surface area contributed by atoms with Crippen LogP contribution in [-0.2, 0) is 0 Å². The van der Waals surface area contributed by atoms with Gasteiger partial charge in [-0.3, -0.25) is 0 Å². The van der Waals surface area contributed by atoms with Crippen molar-refractivity contribution < 1.29 is 0 Å². The van der Waals surface area contributed by atoms with Crippen LogP contribution in [0.1, 0.15) is 5.56 Å². The number of nitrogens with zero attached hydrogens (tertiary/aromatic N) is 4. The van der Waals surface area contributed by atoms with Crippen LogP contribution in [0.5, 0.6) is 0 Å². The van der Waals surface area contributed by atoms with Crippen molar-refractivity contribution in [3.8, 4) is 51.1 Å². The minimum Gasteiger partial charge on any atom is -0.309 e. The molecule has 0 atom stereocenters. The molecule has 3 aromatic heterocycles. The molecule has 0 bridgehead atoms. The summed E-state index contributed by atoms with van der Waals surface area (Å²) in [7, 11) is 0. The van der Waals surface area contributed by atoms with Crippen LogP contribution in [0.2, 0.25) is 0 Å². The molecule has 3 heterocycles. The van der Waals surface area contributed by atoms with Crippen molar-refractivity contribution in [1.82, 2.24) is 14.1 Å². The molecule has 0 N–H and O–H groups in total. The molecule has 0 aliphatic carbocycles. The van der Waals surface area contributed by atoms with E-state index in [0.29, 0.717) is 5.56 Å². The lowest BCUT2D eigenvalue weighted by Gasteiger charge is -2.14. The van der Waals surface area contributed by atoms with Gasteiger partial charge >= 0.3 is 0 Å². The van der Waals surface area contributed by atoms with E-state index in [0.717, 1.165) is 56.0 Å². The van der Waals surface area contributed by atoms with E-state index in [1.165, 1.54) is 32.6 Å². The van der Waals surface area contributed by atoms with Gasteiger partial charge in [0.1, 0.15) is 0 Å².